The first-order valence-corrected chi connectivity index (χ1v) is 8.44. The minimum atomic E-state index is 0.0494. The lowest BCUT2D eigenvalue weighted by atomic mass is 10.0. The fraction of sp³-hybridized carbons (Fsp3) is 0.875. The molecule has 1 atom stereocenters. The Morgan fingerprint density at radius 2 is 1.68 bits per heavy atom. The largest absolute Gasteiger partial charge is 0.381 e. The molecule has 0 aromatic rings. The normalized spacial score (nSPS) is 26.1. The summed E-state index contributed by atoms with van der Waals surface area (Å²) in [7, 11) is 3.56. The fourth-order valence-electron chi connectivity index (χ4n) is 3.59. The van der Waals surface area contributed by atoms with Gasteiger partial charge in [-0.25, -0.2) is 4.79 Å². The number of ether oxygens (including phenoxy) is 1. The Hall–Kier alpha value is -1.30. The van der Waals surface area contributed by atoms with Crippen LogP contribution in [0.5, 0.6) is 0 Å². The zero-order valence-corrected chi connectivity index (χ0v) is 13.7. The maximum Gasteiger partial charge on any atom is 0.319 e. The SMILES string of the molecule is CN(C)C(=O)N1CCC(N(C(=O)C2CC2)C2CCOCC2)C1. The summed E-state index contributed by atoms with van der Waals surface area (Å²) in [4.78, 5) is 30.5. The van der Waals surface area contributed by atoms with E-state index in [0.29, 0.717) is 18.5 Å². The van der Waals surface area contributed by atoms with Gasteiger partial charge in [-0.3, -0.25) is 4.79 Å². The maximum atomic E-state index is 12.8. The van der Waals surface area contributed by atoms with E-state index in [4.69, 9.17) is 4.74 Å². The van der Waals surface area contributed by atoms with Gasteiger partial charge in [-0.2, -0.15) is 0 Å². The average Bonchev–Trinajstić information content (AvgIpc) is 3.27. The number of urea groups is 1. The van der Waals surface area contributed by atoms with Crippen molar-refractivity contribution >= 4 is 11.9 Å². The van der Waals surface area contributed by atoms with Crippen LogP contribution in [0.15, 0.2) is 0 Å². The van der Waals surface area contributed by atoms with Gasteiger partial charge in [-0.1, -0.05) is 0 Å². The van der Waals surface area contributed by atoms with E-state index < -0.39 is 0 Å². The third kappa shape index (κ3) is 3.21. The Kier molecular flexibility index (Phi) is 4.57. The Morgan fingerprint density at radius 1 is 1.00 bits per heavy atom. The topological polar surface area (TPSA) is 53.1 Å². The Bertz CT molecular complexity index is 430. The molecule has 6 heteroatoms. The van der Waals surface area contributed by atoms with Gasteiger partial charge < -0.3 is 19.4 Å². The summed E-state index contributed by atoms with van der Waals surface area (Å²) in [5.41, 5.74) is 0. The van der Waals surface area contributed by atoms with E-state index in [1.807, 2.05) is 4.90 Å². The zero-order chi connectivity index (χ0) is 15.7. The summed E-state index contributed by atoms with van der Waals surface area (Å²) >= 11 is 0. The molecule has 0 aromatic heterocycles. The zero-order valence-electron chi connectivity index (χ0n) is 13.7. The molecule has 0 spiro atoms. The summed E-state index contributed by atoms with van der Waals surface area (Å²) in [6.45, 7) is 2.91. The number of amides is 3. The van der Waals surface area contributed by atoms with Crippen LogP contribution >= 0.6 is 0 Å². The van der Waals surface area contributed by atoms with Crippen LogP contribution in [0.2, 0.25) is 0 Å². The first-order valence-electron chi connectivity index (χ1n) is 8.44. The number of rotatable bonds is 3. The molecule has 3 fully saturated rings. The molecule has 22 heavy (non-hydrogen) atoms. The van der Waals surface area contributed by atoms with Crippen molar-refractivity contribution in [3.8, 4) is 0 Å². The summed E-state index contributed by atoms with van der Waals surface area (Å²) in [5, 5.41) is 0. The van der Waals surface area contributed by atoms with Crippen LogP contribution in [-0.2, 0) is 9.53 Å². The second kappa shape index (κ2) is 6.44. The van der Waals surface area contributed by atoms with E-state index in [1.165, 1.54) is 0 Å². The van der Waals surface area contributed by atoms with Gasteiger partial charge in [0.15, 0.2) is 0 Å². The number of nitrogens with zero attached hydrogens (tertiary/aromatic N) is 3. The second-order valence-corrected chi connectivity index (χ2v) is 6.93. The van der Waals surface area contributed by atoms with E-state index >= 15 is 0 Å². The predicted molar refractivity (Wildman–Crippen MR) is 82.5 cm³/mol. The van der Waals surface area contributed by atoms with Gasteiger partial charge in [0.2, 0.25) is 5.91 Å². The quantitative estimate of drug-likeness (QED) is 0.786. The van der Waals surface area contributed by atoms with E-state index in [2.05, 4.69) is 4.90 Å². The summed E-state index contributed by atoms with van der Waals surface area (Å²) in [6, 6.07) is 0.523. The minimum Gasteiger partial charge on any atom is -0.381 e. The monoisotopic (exact) mass is 309 g/mol. The number of likely N-dealkylation sites (tertiary alicyclic amines) is 1. The van der Waals surface area contributed by atoms with Gasteiger partial charge in [0.1, 0.15) is 0 Å². The van der Waals surface area contributed by atoms with Gasteiger partial charge in [-0.15, -0.1) is 0 Å². The van der Waals surface area contributed by atoms with Crippen molar-refractivity contribution in [2.24, 2.45) is 5.92 Å². The van der Waals surface area contributed by atoms with E-state index in [1.54, 1.807) is 19.0 Å². The van der Waals surface area contributed by atoms with Crippen LogP contribution in [0.1, 0.15) is 32.1 Å². The highest BCUT2D eigenvalue weighted by Gasteiger charge is 2.42. The second-order valence-electron chi connectivity index (χ2n) is 6.93. The van der Waals surface area contributed by atoms with Crippen LogP contribution in [0.4, 0.5) is 4.79 Å². The van der Waals surface area contributed by atoms with Crippen LogP contribution in [0.3, 0.4) is 0 Å². The highest BCUT2D eigenvalue weighted by atomic mass is 16.5. The maximum absolute atomic E-state index is 12.8. The van der Waals surface area contributed by atoms with E-state index in [9.17, 15) is 9.59 Å². The van der Waals surface area contributed by atoms with Gasteiger partial charge >= 0.3 is 6.03 Å². The molecule has 3 amide bonds. The highest BCUT2D eigenvalue weighted by molar-refractivity contribution is 5.82. The molecule has 0 bridgehead atoms. The van der Waals surface area contributed by atoms with Gasteiger partial charge in [0.05, 0.1) is 6.04 Å². The molecule has 0 aromatic carbocycles. The van der Waals surface area contributed by atoms with Crippen molar-refractivity contribution in [1.82, 2.24) is 14.7 Å². The lowest BCUT2D eigenvalue weighted by Gasteiger charge is -2.38. The third-order valence-corrected chi connectivity index (χ3v) is 4.98. The van der Waals surface area contributed by atoms with Crippen molar-refractivity contribution in [3.05, 3.63) is 0 Å². The molecule has 2 saturated heterocycles. The highest BCUT2D eigenvalue weighted by Crippen LogP contribution is 2.35. The minimum absolute atomic E-state index is 0.0494. The number of carbonyl (C=O) groups is 2. The molecule has 3 rings (SSSR count). The standard InChI is InChI=1S/C16H27N3O3/c1-17(2)16(21)18-8-5-14(11-18)19(15(20)12-3-4-12)13-6-9-22-10-7-13/h12-14H,3-11H2,1-2H3. The van der Waals surface area contributed by atoms with Crippen molar-refractivity contribution in [2.75, 3.05) is 40.4 Å². The molecular weight excluding hydrogens is 282 g/mol. The van der Waals surface area contributed by atoms with Crippen LogP contribution in [0.25, 0.3) is 0 Å². The fourth-order valence-corrected chi connectivity index (χ4v) is 3.59. The van der Waals surface area contributed by atoms with Crippen molar-refractivity contribution < 1.29 is 14.3 Å². The average molecular weight is 309 g/mol. The molecule has 1 aliphatic carbocycles. The molecule has 0 N–H and O–H groups in total. The molecular formula is C16H27N3O3. The first kappa shape index (κ1) is 15.6. The molecule has 1 saturated carbocycles. The smallest absolute Gasteiger partial charge is 0.319 e. The van der Waals surface area contributed by atoms with Crippen LogP contribution in [-0.4, -0.2) is 79.1 Å². The molecule has 6 nitrogen and oxygen atoms in total. The van der Waals surface area contributed by atoms with Gasteiger partial charge in [-0.05, 0) is 32.1 Å². The van der Waals surface area contributed by atoms with Crippen molar-refractivity contribution in [1.29, 1.82) is 0 Å². The Morgan fingerprint density at radius 3 is 2.27 bits per heavy atom. The lowest BCUT2D eigenvalue weighted by molar-refractivity contribution is -0.139. The Labute approximate surface area is 132 Å². The molecule has 1 unspecified atom stereocenters. The van der Waals surface area contributed by atoms with Crippen molar-refractivity contribution in [3.63, 3.8) is 0 Å². The summed E-state index contributed by atoms with van der Waals surface area (Å²) in [5.74, 6) is 0.553. The number of hydrogen-bond donors (Lipinski definition) is 0. The predicted octanol–water partition coefficient (Wildman–Crippen LogP) is 1.16. The van der Waals surface area contributed by atoms with Crippen LogP contribution in [0, 0.1) is 5.92 Å². The Balaban J connectivity index is 1.69. The summed E-state index contributed by atoms with van der Waals surface area (Å²) in [6.07, 6.45) is 4.82. The van der Waals surface area contributed by atoms with E-state index in [0.717, 1.165) is 51.9 Å². The van der Waals surface area contributed by atoms with Gasteiger partial charge in [0, 0.05) is 52.4 Å². The molecule has 2 aliphatic heterocycles. The first-order chi connectivity index (χ1) is 10.6. The van der Waals surface area contributed by atoms with Crippen molar-refractivity contribution in [2.45, 2.75) is 44.2 Å². The summed E-state index contributed by atoms with van der Waals surface area (Å²) < 4.78 is 5.45. The third-order valence-electron chi connectivity index (χ3n) is 4.98. The van der Waals surface area contributed by atoms with Crippen LogP contribution < -0.4 is 0 Å². The molecule has 0 radical (unpaired) electrons. The lowest BCUT2D eigenvalue weighted by Crippen LogP contribution is -2.51. The molecule has 124 valence electrons. The number of carbonyl (C=O) groups excluding carboxylic acids is 2. The van der Waals surface area contributed by atoms with E-state index in [-0.39, 0.29) is 18.0 Å². The number of hydrogen-bond acceptors (Lipinski definition) is 3. The molecule has 2 heterocycles. The molecule has 3 aliphatic rings. The van der Waals surface area contributed by atoms with Gasteiger partial charge in [0.25, 0.3) is 0 Å².